The normalized spacial score (nSPS) is 18.0. The van der Waals surface area contributed by atoms with Crippen LogP contribution < -0.4 is 4.90 Å². The summed E-state index contributed by atoms with van der Waals surface area (Å²) >= 11 is 6.56. The van der Waals surface area contributed by atoms with E-state index in [1.807, 2.05) is 29.3 Å². The maximum atomic E-state index is 12.7. The fourth-order valence-corrected chi connectivity index (χ4v) is 4.76. The number of likely N-dealkylation sites (tertiary alicyclic amines) is 1. The van der Waals surface area contributed by atoms with Crippen LogP contribution in [0.15, 0.2) is 42.9 Å². The van der Waals surface area contributed by atoms with Crippen LogP contribution in [0, 0.1) is 0 Å². The lowest BCUT2D eigenvalue weighted by Crippen LogP contribution is -2.46. The molecule has 0 unspecified atom stereocenters. The lowest BCUT2D eigenvalue weighted by atomic mass is 10.1. The molecule has 0 N–H and O–H groups in total. The van der Waals surface area contributed by atoms with Crippen LogP contribution in [0.4, 0.5) is 5.82 Å². The first-order valence-electron chi connectivity index (χ1n) is 11.0. The van der Waals surface area contributed by atoms with Crippen LogP contribution in [0.2, 0.25) is 5.02 Å². The molecule has 1 amide bonds. The zero-order chi connectivity index (χ0) is 21.2. The van der Waals surface area contributed by atoms with Gasteiger partial charge in [-0.2, -0.15) is 0 Å². The second-order valence-corrected chi connectivity index (χ2v) is 8.75. The van der Waals surface area contributed by atoms with Crippen molar-refractivity contribution < 1.29 is 4.79 Å². The minimum atomic E-state index is 0.0397. The standard InChI is InChI=1S/C23H27ClN6O/c24-20-14-18(23(31)29-7-3-1-4-8-29)15-25-22(20)28-12-10-27(11-13-28)16-19-17-30-9-5-2-6-21(30)26-19/h2,5-6,9,14-15,17H,1,3-4,7-8,10-13,16H2. The molecule has 5 heterocycles. The van der Waals surface area contributed by atoms with Crippen molar-refractivity contribution >= 4 is 29.0 Å². The van der Waals surface area contributed by atoms with E-state index in [1.165, 1.54) is 6.42 Å². The highest BCUT2D eigenvalue weighted by Gasteiger charge is 2.23. The predicted octanol–water partition coefficient (Wildman–Crippen LogP) is 3.33. The first-order chi connectivity index (χ1) is 15.2. The van der Waals surface area contributed by atoms with Crippen molar-refractivity contribution in [2.45, 2.75) is 25.8 Å². The van der Waals surface area contributed by atoms with Gasteiger partial charge in [0.25, 0.3) is 5.91 Å². The van der Waals surface area contributed by atoms with Crippen LogP contribution in [-0.4, -0.2) is 69.3 Å². The maximum Gasteiger partial charge on any atom is 0.255 e. The zero-order valence-electron chi connectivity index (χ0n) is 17.6. The van der Waals surface area contributed by atoms with Gasteiger partial charge in [-0.15, -0.1) is 0 Å². The van der Waals surface area contributed by atoms with E-state index < -0.39 is 0 Å². The molecule has 0 aliphatic carbocycles. The second-order valence-electron chi connectivity index (χ2n) is 8.34. The number of imidazole rings is 1. The molecule has 3 aromatic rings. The molecule has 0 bridgehead atoms. The zero-order valence-corrected chi connectivity index (χ0v) is 18.3. The molecule has 7 nitrogen and oxygen atoms in total. The number of piperazine rings is 1. The Morgan fingerprint density at radius 3 is 2.58 bits per heavy atom. The molecule has 2 aliphatic heterocycles. The molecule has 3 aromatic heterocycles. The lowest BCUT2D eigenvalue weighted by Gasteiger charge is -2.35. The fraction of sp³-hybridized carbons (Fsp3) is 0.435. The molecule has 2 aliphatic rings. The molecule has 0 spiro atoms. The number of halogens is 1. The molecule has 0 saturated carbocycles. The molecule has 2 fully saturated rings. The smallest absolute Gasteiger partial charge is 0.255 e. The van der Waals surface area contributed by atoms with Crippen molar-refractivity contribution in [2.24, 2.45) is 0 Å². The summed E-state index contributed by atoms with van der Waals surface area (Å²) < 4.78 is 2.06. The van der Waals surface area contributed by atoms with E-state index in [0.717, 1.165) is 75.8 Å². The number of pyridine rings is 2. The van der Waals surface area contributed by atoms with Gasteiger partial charge in [-0.25, -0.2) is 9.97 Å². The average Bonchev–Trinajstić information content (AvgIpc) is 3.22. The molecule has 0 radical (unpaired) electrons. The Morgan fingerprint density at radius 1 is 1.03 bits per heavy atom. The summed E-state index contributed by atoms with van der Waals surface area (Å²) in [6.45, 7) is 6.01. The first-order valence-corrected chi connectivity index (χ1v) is 11.4. The monoisotopic (exact) mass is 438 g/mol. The summed E-state index contributed by atoms with van der Waals surface area (Å²) in [6.07, 6.45) is 9.15. The van der Waals surface area contributed by atoms with Gasteiger partial charge in [-0.05, 0) is 37.5 Å². The summed E-state index contributed by atoms with van der Waals surface area (Å²) in [6, 6.07) is 7.82. The van der Waals surface area contributed by atoms with Gasteiger partial charge in [-0.1, -0.05) is 17.7 Å². The van der Waals surface area contributed by atoms with Crippen molar-refractivity contribution in [2.75, 3.05) is 44.2 Å². The van der Waals surface area contributed by atoms with Crippen LogP contribution in [0.25, 0.3) is 5.65 Å². The number of carbonyl (C=O) groups excluding carboxylic acids is 1. The van der Waals surface area contributed by atoms with E-state index >= 15 is 0 Å². The molecule has 31 heavy (non-hydrogen) atoms. The van der Waals surface area contributed by atoms with E-state index in [1.54, 1.807) is 12.3 Å². The molecule has 162 valence electrons. The van der Waals surface area contributed by atoms with Gasteiger partial charge in [0.15, 0.2) is 0 Å². The second kappa shape index (κ2) is 8.85. The van der Waals surface area contributed by atoms with Crippen molar-refractivity contribution in [1.29, 1.82) is 0 Å². The minimum Gasteiger partial charge on any atom is -0.353 e. The van der Waals surface area contributed by atoms with Crippen LogP contribution in [0.1, 0.15) is 35.3 Å². The number of carbonyl (C=O) groups is 1. The highest BCUT2D eigenvalue weighted by Crippen LogP contribution is 2.26. The number of nitrogens with zero attached hydrogens (tertiary/aromatic N) is 6. The highest BCUT2D eigenvalue weighted by molar-refractivity contribution is 6.33. The SMILES string of the molecule is O=C(c1cnc(N2CCN(Cc3cn4ccccc4n3)CC2)c(Cl)c1)N1CCCCC1. The Balaban J connectivity index is 1.20. The van der Waals surface area contributed by atoms with Crippen molar-refractivity contribution in [3.8, 4) is 0 Å². The van der Waals surface area contributed by atoms with Gasteiger partial charge in [0.05, 0.1) is 16.3 Å². The van der Waals surface area contributed by atoms with Gasteiger partial charge < -0.3 is 14.2 Å². The Hall–Kier alpha value is -2.64. The number of amides is 1. The number of fused-ring (bicyclic) bond motifs is 1. The number of aromatic nitrogens is 3. The van der Waals surface area contributed by atoms with Gasteiger partial charge in [0.2, 0.25) is 0 Å². The van der Waals surface area contributed by atoms with Gasteiger partial charge in [-0.3, -0.25) is 9.69 Å². The van der Waals surface area contributed by atoms with Gasteiger partial charge >= 0.3 is 0 Å². The molecular formula is C23H27ClN6O. The van der Waals surface area contributed by atoms with E-state index in [2.05, 4.69) is 25.4 Å². The first kappa shape index (κ1) is 20.3. The summed E-state index contributed by atoms with van der Waals surface area (Å²) in [7, 11) is 0. The quantitative estimate of drug-likeness (QED) is 0.625. The van der Waals surface area contributed by atoms with Crippen LogP contribution in [-0.2, 0) is 6.54 Å². The Kier molecular flexibility index (Phi) is 5.78. The largest absolute Gasteiger partial charge is 0.353 e. The Bertz CT molecular complexity index is 1040. The van der Waals surface area contributed by atoms with E-state index in [9.17, 15) is 4.79 Å². The van der Waals surface area contributed by atoms with Gasteiger partial charge in [0, 0.05) is 64.4 Å². The summed E-state index contributed by atoms with van der Waals surface area (Å²) in [5, 5.41) is 0.552. The Labute approximate surface area is 187 Å². The minimum absolute atomic E-state index is 0.0397. The lowest BCUT2D eigenvalue weighted by molar-refractivity contribution is 0.0724. The number of piperidine rings is 1. The summed E-state index contributed by atoms with van der Waals surface area (Å²) in [4.78, 5) is 28.5. The molecule has 8 heteroatoms. The maximum absolute atomic E-state index is 12.7. The van der Waals surface area contributed by atoms with Crippen molar-refractivity contribution in [1.82, 2.24) is 24.2 Å². The highest BCUT2D eigenvalue weighted by atomic mass is 35.5. The third-order valence-electron chi connectivity index (χ3n) is 6.18. The van der Waals surface area contributed by atoms with E-state index in [0.29, 0.717) is 10.6 Å². The Morgan fingerprint density at radius 2 is 1.84 bits per heavy atom. The number of hydrogen-bond donors (Lipinski definition) is 0. The third kappa shape index (κ3) is 4.38. The average molecular weight is 439 g/mol. The van der Waals surface area contributed by atoms with Gasteiger partial charge in [0.1, 0.15) is 11.5 Å². The molecule has 0 aromatic carbocycles. The summed E-state index contributed by atoms with van der Waals surface area (Å²) in [5.41, 5.74) is 2.64. The number of rotatable bonds is 4. The molecule has 0 atom stereocenters. The summed E-state index contributed by atoms with van der Waals surface area (Å²) in [5.74, 6) is 0.808. The number of anilines is 1. The molecule has 2 saturated heterocycles. The molecule has 5 rings (SSSR count). The number of hydrogen-bond acceptors (Lipinski definition) is 5. The predicted molar refractivity (Wildman–Crippen MR) is 122 cm³/mol. The van der Waals surface area contributed by atoms with Crippen LogP contribution >= 0.6 is 11.6 Å². The van der Waals surface area contributed by atoms with Crippen LogP contribution in [0.3, 0.4) is 0 Å². The van der Waals surface area contributed by atoms with E-state index in [-0.39, 0.29) is 5.91 Å². The van der Waals surface area contributed by atoms with Crippen LogP contribution in [0.5, 0.6) is 0 Å². The van der Waals surface area contributed by atoms with E-state index in [4.69, 9.17) is 16.6 Å². The molecular weight excluding hydrogens is 412 g/mol. The fourth-order valence-electron chi connectivity index (χ4n) is 4.47. The third-order valence-corrected chi connectivity index (χ3v) is 6.46. The van der Waals surface area contributed by atoms with Crippen molar-refractivity contribution in [3.63, 3.8) is 0 Å². The van der Waals surface area contributed by atoms with Crippen molar-refractivity contribution in [3.05, 3.63) is 59.1 Å². The topological polar surface area (TPSA) is 57.0 Å².